The molecule has 0 unspecified atom stereocenters. The lowest BCUT2D eigenvalue weighted by molar-refractivity contribution is 0.0297. The number of hydrogen-bond acceptors (Lipinski definition) is 4. The molecule has 0 bridgehead atoms. The van der Waals surface area contributed by atoms with Gasteiger partial charge in [-0.15, -0.1) is 0 Å². The summed E-state index contributed by atoms with van der Waals surface area (Å²) in [7, 11) is 1.76. The highest BCUT2D eigenvalue weighted by Crippen LogP contribution is 2.32. The van der Waals surface area contributed by atoms with E-state index in [4.69, 9.17) is 9.47 Å². The molecule has 1 aliphatic rings. The normalized spacial score (nSPS) is 19.6. The average Bonchev–Trinajstić information content (AvgIpc) is 2.62. The second kappa shape index (κ2) is 9.26. The van der Waals surface area contributed by atoms with Gasteiger partial charge in [0.05, 0.1) is 0 Å². The van der Waals surface area contributed by atoms with Crippen molar-refractivity contribution in [2.45, 2.75) is 65.6 Å². The minimum atomic E-state index is -0.503. The second-order valence-corrected chi connectivity index (χ2v) is 8.67. The summed E-state index contributed by atoms with van der Waals surface area (Å²) in [6.45, 7) is 10.3. The Morgan fingerprint density at radius 3 is 2.68 bits per heavy atom. The molecule has 154 valence electrons. The first-order chi connectivity index (χ1) is 13.1. The molecule has 1 aromatic carbocycles. The molecular formula is C23H33NO4. The molecule has 0 spiro atoms. The number of aryl methyl sites for hydroxylation is 1. The molecule has 1 aromatic rings. The van der Waals surface area contributed by atoms with E-state index >= 15 is 0 Å². The smallest absolute Gasteiger partial charge is 0.410 e. The van der Waals surface area contributed by atoms with Crippen molar-refractivity contribution in [3.05, 3.63) is 41.0 Å². The van der Waals surface area contributed by atoms with Crippen molar-refractivity contribution in [2.24, 2.45) is 5.92 Å². The molecule has 0 radical (unpaired) electrons. The molecule has 0 aliphatic heterocycles. The average molecular weight is 388 g/mol. The maximum absolute atomic E-state index is 12.2. The first kappa shape index (κ1) is 22.0. The van der Waals surface area contributed by atoms with E-state index in [1.165, 1.54) is 5.57 Å². The summed E-state index contributed by atoms with van der Waals surface area (Å²) in [6.07, 6.45) is 5.50. The Morgan fingerprint density at radius 1 is 1.32 bits per heavy atom. The minimum absolute atomic E-state index is 0.0543. The zero-order chi connectivity index (χ0) is 20.9. The molecule has 1 aliphatic carbocycles. The van der Waals surface area contributed by atoms with Gasteiger partial charge in [-0.05, 0) is 70.1 Å². The standard InChI is InChI=1S/C23H33NO4/c1-16-10-11-18(15-25)14-20(16)27-21-17(2)8-7-9-19(21)12-13-24(6)22(26)28-23(3,4)5/h9-11,14-15,17,21H,7-8,12-13H2,1-6H3/t17-,21+/m0/s1. The predicted molar refractivity (Wildman–Crippen MR) is 111 cm³/mol. The Kier molecular flexibility index (Phi) is 7.28. The SMILES string of the molecule is Cc1ccc(C=O)cc1O[C@H]1C(CCN(C)C(=O)OC(C)(C)C)=CCC[C@@H]1C. The number of aldehydes is 1. The summed E-state index contributed by atoms with van der Waals surface area (Å²) in [5.41, 5.74) is 2.31. The third kappa shape index (κ3) is 6.11. The molecule has 1 amide bonds. The van der Waals surface area contributed by atoms with Crippen molar-refractivity contribution < 1.29 is 19.1 Å². The van der Waals surface area contributed by atoms with Crippen LogP contribution in [-0.4, -0.2) is 42.6 Å². The van der Waals surface area contributed by atoms with Crippen molar-refractivity contribution in [3.8, 4) is 5.75 Å². The Labute approximate surface area is 168 Å². The van der Waals surface area contributed by atoms with Gasteiger partial charge in [0.2, 0.25) is 0 Å². The maximum Gasteiger partial charge on any atom is 0.410 e. The number of carbonyl (C=O) groups excluding carboxylic acids is 2. The van der Waals surface area contributed by atoms with Crippen LogP contribution < -0.4 is 4.74 Å². The van der Waals surface area contributed by atoms with Crippen molar-refractivity contribution in [1.82, 2.24) is 4.90 Å². The van der Waals surface area contributed by atoms with E-state index in [9.17, 15) is 9.59 Å². The predicted octanol–water partition coefficient (Wildman–Crippen LogP) is 5.17. The third-order valence-electron chi connectivity index (χ3n) is 4.95. The Balaban J connectivity index is 2.07. The van der Waals surface area contributed by atoms with Crippen LogP contribution >= 0.6 is 0 Å². The molecule has 0 saturated carbocycles. The van der Waals surface area contributed by atoms with E-state index in [1.54, 1.807) is 24.1 Å². The van der Waals surface area contributed by atoms with Gasteiger partial charge in [-0.3, -0.25) is 4.79 Å². The number of carbonyl (C=O) groups is 2. The Hall–Kier alpha value is -2.30. The van der Waals surface area contributed by atoms with Crippen LogP contribution in [0, 0.1) is 12.8 Å². The molecule has 0 N–H and O–H groups in total. The van der Waals surface area contributed by atoms with E-state index in [0.717, 1.165) is 36.9 Å². The summed E-state index contributed by atoms with van der Waals surface area (Å²) < 4.78 is 11.8. The van der Waals surface area contributed by atoms with Crippen molar-refractivity contribution >= 4 is 12.4 Å². The molecule has 2 atom stereocenters. The molecule has 0 heterocycles. The van der Waals surface area contributed by atoms with E-state index in [1.807, 2.05) is 33.8 Å². The number of benzene rings is 1. The van der Waals surface area contributed by atoms with Crippen LogP contribution in [0.15, 0.2) is 29.8 Å². The van der Waals surface area contributed by atoms with E-state index < -0.39 is 5.60 Å². The van der Waals surface area contributed by atoms with Gasteiger partial charge in [-0.2, -0.15) is 0 Å². The van der Waals surface area contributed by atoms with Crippen molar-refractivity contribution in [1.29, 1.82) is 0 Å². The number of amides is 1. The largest absolute Gasteiger partial charge is 0.486 e. The zero-order valence-corrected chi connectivity index (χ0v) is 18.0. The van der Waals surface area contributed by atoms with Gasteiger partial charge >= 0.3 is 6.09 Å². The fraction of sp³-hybridized carbons (Fsp3) is 0.565. The van der Waals surface area contributed by atoms with Crippen LogP contribution in [0.1, 0.15) is 62.9 Å². The number of nitrogens with zero attached hydrogens (tertiary/aromatic N) is 1. The highest BCUT2D eigenvalue weighted by atomic mass is 16.6. The lowest BCUT2D eigenvalue weighted by atomic mass is 9.85. The summed E-state index contributed by atoms with van der Waals surface area (Å²) in [6, 6.07) is 5.51. The number of hydrogen-bond donors (Lipinski definition) is 0. The van der Waals surface area contributed by atoms with E-state index in [0.29, 0.717) is 18.0 Å². The molecule has 0 aromatic heterocycles. The number of ether oxygens (including phenoxy) is 2. The molecule has 5 heteroatoms. The summed E-state index contributed by atoms with van der Waals surface area (Å²) in [5, 5.41) is 0. The summed E-state index contributed by atoms with van der Waals surface area (Å²) >= 11 is 0. The lowest BCUT2D eigenvalue weighted by Crippen LogP contribution is -2.36. The van der Waals surface area contributed by atoms with Crippen LogP contribution in [0.25, 0.3) is 0 Å². The van der Waals surface area contributed by atoms with Crippen LogP contribution in [0.2, 0.25) is 0 Å². The van der Waals surface area contributed by atoms with Gasteiger partial charge in [0.1, 0.15) is 23.7 Å². The zero-order valence-electron chi connectivity index (χ0n) is 18.0. The van der Waals surface area contributed by atoms with Gasteiger partial charge in [0.25, 0.3) is 0 Å². The van der Waals surface area contributed by atoms with Gasteiger partial charge in [0, 0.05) is 19.2 Å². The van der Waals surface area contributed by atoms with Crippen LogP contribution in [0.4, 0.5) is 4.79 Å². The van der Waals surface area contributed by atoms with E-state index in [-0.39, 0.29) is 12.2 Å². The molecule has 2 rings (SSSR count). The van der Waals surface area contributed by atoms with Crippen LogP contribution in [-0.2, 0) is 4.74 Å². The number of allylic oxidation sites excluding steroid dienone is 1. The van der Waals surface area contributed by atoms with Crippen molar-refractivity contribution in [3.63, 3.8) is 0 Å². The first-order valence-electron chi connectivity index (χ1n) is 9.96. The maximum atomic E-state index is 12.2. The monoisotopic (exact) mass is 387 g/mol. The van der Waals surface area contributed by atoms with Gasteiger partial charge in [-0.1, -0.05) is 25.1 Å². The molecular weight excluding hydrogens is 354 g/mol. The topological polar surface area (TPSA) is 55.8 Å². The highest BCUT2D eigenvalue weighted by molar-refractivity contribution is 5.75. The fourth-order valence-corrected chi connectivity index (χ4v) is 3.28. The molecule has 0 saturated heterocycles. The third-order valence-corrected chi connectivity index (χ3v) is 4.95. The van der Waals surface area contributed by atoms with Gasteiger partial charge in [-0.25, -0.2) is 4.79 Å². The quantitative estimate of drug-likeness (QED) is 0.499. The Morgan fingerprint density at radius 2 is 2.04 bits per heavy atom. The lowest BCUT2D eigenvalue weighted by Gasteiger charge is -2.32. The fourth-order valence-electron chi connectivity index (χ4n) is 3.28. The first-order valence-corrected chi connectivity index (χ1v) is 9.96. The Bertz CT molecular complexity index is 733. The highest BCUT2D eigenvalue weighted by Gasteiger charge is 2.28. The number of rotatable bonds is 6. The van der Waals surface area contributed by atoms with Crippen LogP contribution in [0.5, 0.6) is 5.75 Å². The van der Waals surface area contributed by atoms with Crippen LogP contribution in [0.3, 0.4) is 0 Å². The summed E-state index contributed by atoms with van der Waals surface area (Å²) in [5.74, 6) is 1.11. The molecule has 28 heavy (non-hydrogen) atoms. The van der Waals surface area contributed by atoms with Gasteiger partial charge in [0.15, 0.2) is 0 Å². The molecule has 5 nitrogen and oxygen atoms in total. The summed E-state index contributed by atoms with van der Waals surface area (Å²) in [4.78, 5) is 24.9. The van der Waals surface area contributed by atoms with Gasteiger partial charge < -0.3 is 14.4 Å². The minimum Gasteiger partial charge on any atom is -0.486 e. The second-order valence-electron chi connectivity index (χ2n) is 8.67. The van der Waals surface area contributed by atoms with E-state index in [2.05, 4.69) is 13.0 Å². The van der Waals surface area contributed by atoms with Crippen molar-refractivity contribution in [2.75, 3.05) is 13.6 Å². The molecule has 0 fully saturated rings.